The standard InChI is InChI=1S/C28H29N7O6/c1-19(24(36)31-29-18-20-11-10-16-23(17-20)35(40)41)33-27(38)32(22-14-8-5-9-15-22)25(28(33,2)3)34(39)26(37)30-21-12-6-4-7-13-21/h4-19,25,39H,1-3H3,(H,30,37)(H,31,36). The number of rotatable bonds is 8. The van der Waals surface area contributed by atoms with E-state index < -0.39 is 40.6 Å². The van der Waals surface area contributed by atoms with Crippen molar-refractivity contribution in [2.75, 3.05) is 10.2 Å². The summed E-state index contributed by atoms with van der Waals surface area (Å²) in [4.78, 5) is 53.1. The van der Waals surface area contributed by atoms with Gasteiger partial charge in [0.2, 0.25) is 0 Å². The van der Waals surface area contributed by atoms with Crippen molar-refractivity contribution in [3.63, 3.8) is 0 Å². The number of anilines is 2. The number of hydroxylamine groups is 2. The Bertz CT molecular complexity index is 1470. The number of hydrazone groups is 1. The van der Waals surface area contributed by atoms with Crippen molar-refractivity contribution in [2.45, 2.75) is 38.5 Å². The fourth-order valence-electron chi connectivity index (χ4n) is 4.73. The number of carbonyl (C=O) groups is 3. The fourth-order valence-corrected chi connectivity index (χ4v) is 4.73. The molecule has 0 radical (unpaired) electrons. The highest BCUT2D eigenvalue weighted by atomic mass is 16.6. The molecule has 13 nitrogen and oxygen atoms in total. The maximum Gasteiger partial charge on any atom is 0.347 e. The molecule has 0 aliphatic carbocycles. The molecule has 0 saturated carbocycles. The molecular weight excluding hydrogens is 530 g/mol. The molecule has 1 heterocycles. The number of benzene rings is 3. The van der Waals surface area contributed by atoms with E-state index in [1.54, 1.807) is 80.6 Å². The first-order valence-corrected chi connectivity index (χ1v) is 12.6. The van der Waals surface area contributed by atoms with Crippen LogP contribution in [0.5, 0.6) is 0 Å². The van der Waals surface area contributed by atoms with Gasteiger partial charge in [-0.1, -0.05) is 48.5 Å². The highest BCUT2D eigenvalue weighted by Crippen LogP contribution is 2.39. The molecule has 0 bridgehead atoms. The summed E-state index contributed by atoms with van der Waals surface area (Å²) >= 11 is 0. The topological polar surface area (TPSA) is 161 Å². The van der Waals surface area contributed by atoms with Crippen LogP contribution in [-0.2, 0) is 4.79 Å². The summed E-state index contributed by atoms with van der Waals surface area (Å²) in [5.74, 6) is -0.653. The first-order valence-electron chi connectivity index (χ1n) is 12.6. The zero-order valence-corrected chi connectivity index (χ0v) is 22.5. The summed E-state index contributed by atoms with van der Waals surface area (Å²) in [5.41, 5.74) is 2.18. The van der Waals surface area contributed by atoms with E-state index >= 15 is 0 Å². The average Bonchev–Trinajstić information content (AvgIpc) is 3.17. The fraction of sp³-hybridized carbons (Fsp3) is 0.214. The Balaban J connectivity index is 1.59. The Labute approximate surface area is 235 Å². The molecule has 3 aromatic rings. The number of non-ortho nitro benzene ring substituents is 1. The summed E-state index contributed by atoms with van der Waals surface area (Å²) in [6.07, 6.45) is 0.0153. The van der Waals surface area contributed by atoms with E-state index in [4.69, 9.17) is 0 Å². The van der Waals surface area contributed by atoms with Crippen molar-refractivity contribution in [2.24, 2.45) is 5.10 Å². The molecule has 5 amide bonds. The number of hydrogen-bond donors (Lipinski definition) is 3. The molecule has 212 valence electrons. The van der Waals surface area contributed by atoms with Crippen LogP contribution < -0.4 is 15.6 Å². The van der Waals surface area contributed by atoms with E-state index in [1.165, 1.54) is 41.1 Å². The molecule has 2 unspecified atom stereocenters. The monoisotopic (exact) mass is 559 g/mol. The van der Waals surface area contributed by atoms with Crippen LogP contribution in [0.15, 0.2) is 90.0 Å². The third-order valence-electron chi connectivity index (χ3n) is 6.64. The lowest BCUT2D eigenvalue weighted by molar-refractivity contribution is -0.384. The Morgan fingerprint density at radius 3 is 2.34 bits per heavy atom. The van der Waals surface area contributed by atoms with Crippen LogP contribution in [0.1, 0.15) is 26.3 Å². The number of amides is 5. The van der Waals surface area contributed by atoms with Crippen molar-refractivity contribution in [3.05, 3.63) is 101 Å². The quantitative estimate of drug-likeness (QED) is 0.160. The van der Waals surface area contributed by atoms with Crippen molar-refractivity contribution >= 4 is 41.2 Å². The van der Waals surface area contributed by atoms with Crippen LogP contribution in [0.2, 0.25) is 0 Å². The maximum absolute atomic E-state index is 13.9. The van der Waals surface area contributed by atoms with E-state index in [1.807, 2.05) is 0 Å². The van der Waals surface area contributed by atoms with Crippen molar-refractivity contribution in [1.82, 2.24) is 15.4 Å². The summed E-state index contributed by atoms with van der Waals surface area (Å²) in [6.45, 7) is 4.76. The van der Waals surface area contributed by atoms with Crippen molar-refractivity contribution in [1.29, 1.82) is 0 Å². The second-order valence-corrected chi connectivity index (χ2v) is 9.79. The highest BCUT2D eigenvalue weighted by molar-refractivity contribution is 6.00. The zero-order valence-electron chi connectivity index (χ0n) is 22.5. The normalized spacial score (nSPS) is 16.9. The number of hydrogen-bond acceptors (Lipinski definition) is 7. The summed E-state index contributed by atoms with van der Waals surface area (Å²) in [6, 6.07) is 20.1. The van der Waals surface area contributed by atoms with E-state index in [0.29, 0.717) is 22.0 Å². The second-order valence-electron chi connectivity index (χ2n) is 9.79. The van der Waals surface area contributed by atoms with Gasteiger partial charge in [-0.25, -0.2) is 15.0 Å². The predicted molar refractivity (Wildman–Crippen MR) is 151 cm³/mol. The highest BCUT2D eigenvalue weighted by Gasteiger charge is 2.58. The van der Waals surface area contributed by atoms with Crippen molar-refractivity contribution < 1.29 is 24.5 Å². The molecule has 4 rings (SSSR count). The van der Waals surface area contributed by atoms with Gasteiger partial charge in [0.1, 0.15) is 6.04 Å². The van der Waals surface area contributed by atoms with Gasteiger partial charge in [-0.15, -0.1) is 0 Å². The molecule has 1 aliphatic rings. The molecule has 1 fully saturated rings. The Morgan fingerprint density at radius 2 is 1.71 bits per heavy atom. The molecule has 3 N–H and O–H groups in total. The maximum atomic E-state index is 13.9. The number of urea groups is 2. The molecule has 0 aromatic heterocycles. The van der Waals surface area contributed by atoms with Crippen LogP contribution >= 0.6 is 0 Å². The average molecular weight is 560 g/mol. The van der Waals surface area contributed by atoms with E-state index in [2.05, 4.69) is 15.8 Å². The minimum atomic E-state index is -1.28. The van der Waals surface area contributed by atoms with Gasteiger partial charge < -0.3 is 10.2 Å². The molecule has 13 heteroatoms. The lowest BCUT2D eigenvalue weighted by Gasteiger charge is -2.39. The molecule has 1 saturated heterocycles. The number of nitrogens with zero attached hydrogens (tertiary/aromatic N) is 5. The van der Waals surface area contributed by atoms with Crippen LogP contribution in [0, 0.1) is 10.1 Å². The molecule has 1 aliphatic heterocycles. The summed E-state index contributed by atoms with van der Waals surface area (Å²) in [5, 5.41) is 29.1. The minimum Gasteiger partial charge on any atom is -0.306 e. The SMILES string of the molecule is CC(C(=O)NN=Cc1cccc([N+](=O)[O-])c1)N1C(=O)N(c2ccccc2)C(N(O)C(=O)Nc2ccccc2)C1(C)C. The van der Waals surface area contributed by atoms with Gasteiger partial charge in [0.15, 0.2) is 6.17 Å². The minimum absolute atomic E-state index is 0.130. The smallest absolute Gasteiger partial charge is 0.306 e. The van der Waals surface area contributed by atoms with Gasteiger partial charge >= 0.3 is 12.1 Å². The number of nitrogens with one attached hydrogen (secondary N) is 2. The van der Waals surface area contributed by atoms with E-state index in [-0.39, 0.29) is 5.69 Å². The van der Waals surface area contributed by atoms with E-state index in [9.17, 15) is 29.7 Å². The third-order valence-corrected chi connectivity index (χ3v) is 6.64. The van der Waals surface area contributed by atoms with Crippen LogP contribution in [-0.4, -0.2) is 62.0 Å². The molecule has 3 aromatic carbocycles. The Morgan fingerprint density at radius 1 is 1.07 bits per heavy atom. The molecule has 0 spiro atoms. The summed E-state index contributed by atoms with van der Waals surface area (Å²) < 4.78 is 0. The van der Waals surface area contributed by atoms with E-state index in [0.717, 1.165) is 0 Å². The lowest BCUT2D eigenvalue weighted by atomic mass is 9.98. The van der Waals surface area contributed by atoms with Gasteiger partial charge in [-0.3, -0.25) is 25.0 Å². The number of nitro groups is 1. The molecule has 2 atom stereocenters. The van der Waals surface area contributed by atoms with Crippen molar-refractivity contribution in [3.8, 4) is 0 Å². The van der Waals surface area contributed by atoms with Crippen LogP contribution in [0.3, 0.4) is 0 Å². The van der Waals surface area contributed by atoms with Crippen LogP contribution in [0.4, 0.5) is 26.7 Å². The Hall–Kier alpha value is -5.30. The predicted octanol–water partition coefficient (Wildman–Crippen LogP) is 4.40. The second kappa shape index (κ2) is 11.8. The number of carbonyl (C=O) groups excluding carboxylic acids is 3. The van der Waals surface area contributed by atoms with Crippen LogP contribution in [0.25, 0.3) is 0 Å². The first kappa shape index (κ1) is 28.7. The largest absolute Gasteiger partial charge is 0.347 e. The molecular formula is C28H29N7O6. The summed E-state index contributed by atoms with van der Waals surface area (Å²) in [7, 11) is 0. The number of nitro benzene ring substituents is 1. The number of para-hydroxylation sites is 2. The first-order chi connectivity index (χ1) is 19.5. The molecule has 41 heavy (non-hydrogen) atoms. The third kappa shape index (κ3) is 5.99. The zero-order chi connectivity index (χ0) is 29.7. The Kier molecular flexibility index (Phi) is 8.29. The van der Waals surface area contributed by atoms with Gasteiger partial charge in [0, 0.05) is 29.1 Å². The van der Waals surface area contributed by atoms with Gasteiger partial charge in [-0.2, -0.15) is 10.2 Å². The lowest BCUT2D eigenvalue weighted by Crippen LogP contribution is -2.60. The van der Waals surface area contributed by atoms with Gasteiger partial charge in [0.25, 0.3) is 11.6 Å². The van der Waals surface area contributed by atoms with Gasteiger partial charge in [-0.05, 0) is 45.0 Å². The van der Waals surface area contributed by atoms with Gasteiger partial charge in [0.05, 0.1) is 16.7 Å².